The van der Waals surface area contributed by atoms with E-state index >= 15 is 0 Å². The van der Waals surface area contributed by atoms with Gasteiger partial charge in [-0.25, -0.2) is 9.67 Å². The first-order valence-corrected chi connectivity index (χ1v) is 7.31. The maximum absolute atomic E-state index is 11.9. The van der Waals surface area contributed by atoms with E-state index in [1.807, 2.05) is 32.0 Å². The number of aromatic nitrogens is 4. The molecule has 0 aromatic carbocycles. The Bertz CT molecular complexity index is 809. The van der Waals surface area contributed by atoms with Crippen LogP contribution in [0.1, 0.15) is 27.4 Å². The third kappa shape index (κ3) is 3.42. The molecule has 6 heteroatoms. The summed E-state index contributed by atoms with van der Waals surface area (Å²) < 4.78 is 1.80. The average Bonchev–Trinajstić information content (AvgIpc) is 2.92. The Balaban J connectivity index is 1.66. The van der Waals surface area contributed by atoms with Crippen molar-refractivity contribution in [3.8, 4) is 5.82 Å². The van der Waals surface area contributed by atoms with Crippen LogP contribution in [0.3, 0.4) is 0 Å². The molecule has 0 aliphatic rings. The van der Waals surface area contributed by atoms with Gasteiger partial charge >= 0.3 is 0 Å². The highest BCUT2D eigenvalue weighted by Crippen LogP contribution is 2.10. The molecule has 0 radical (unpaired) electrons. The molecule has 0 saturated heterocycles. The van der Waals surface area contributed by atoms with Crippen LogP contribution in [0.15, 0.2) is 48.8 Å². The Morgan fingerprint density at radius 1 is 1.17 bits per heavy atom. The van der Waals surface area contributed by atoms with Gasteiger partial charge in [-0.15, -0.1) is 0 Å². The number of nitrogens with zero attached hydrogens (tertiary/aromatic N) is 4. The van der Waals surface area contributed by atoms with Gasteiger partial charge < -0.3 is 5.32 Å². The average molecular weight is 307 g/mol. The van der Waals surface area contributed by atoms with E-state index in [1.165, 1.54) is 0 Å². The summed E-state index contributed by atoms with van der Waals surface area (Å²) in [7, 11) is 0. The molecule has 116 valence electrons. The minimum Gasteiger partial charge on any atom is -0.347 e. The molecule has 3 aromatic heterocycles. The lowest BCUT2D eigenvalue weighted by atomic mass is 10.2. The van der Waals surface area contributed by atoms with Crippen molar-refractivity contribution in [2.24, 2.45) is 0 Å². The van der Waals surface area contributed by atoms with Crippen LogP contribution in [0.4, 0.5) is 0 Å². The van der Waals surface area contributed by atoms with Crippen LogP contribution < -0.4 is 5.32 Å². The monoisotopic (exact) mass is 307 g/mol. The topological polar surface area (TPSA) is 72.7 Å². The van der Waals surface area contributed by atoms with Crippen molar-refractivity contribution in [1.29, 1.82) is 0 Å². The Hall–Kier alpha value is -3.02. The third-order valence-electron chi connectivity index (χ3n) is 3.39. The zero-order valence-electron chi connectivity index (χ0n) is 13.0. The molecule has 1 amide bonds. The molecule has 0 bridgehead atoms. The van der Waals surface area contributed by atoms with Crippen LogP contribution >= 0.6 is 0 Å². The summed E-state index contributed by atoms with van der Waals surface area (Å²) in [5.41, 5.74) is 3.31. The van der Waals surface area contributed by atoms with E-state index in [4.69, 9.17) is 0 Å². The second-order valence-corrected chi connectivity index (χ2v) is 5.26. The lowest BCUT2D eigenvalue weighted by Gasteiger charge is -2.07. The number of carbonyl (C=O) groups is 1. The first kappa shape index (κ1) is 14.9. The normalized spacial score (nSPS) is 10.5. The van der Waals surface area contributed by atoms with E-state index in [-0.39, 0.29) is 5.91 Å². The lowest BCUT2D eigenvalue weighted by molar-refractivity contribution is 0.0946. The van der Waals surface area contributed by atoms with Gasteiger partial charge in [0, 0.05) is 24.6 Å². The zero-order valence-corrected chi connectivity index (χ0v) is 13.0. The molecule has 3 aromatic rings. The number of nitrogens with one attached hydrogen (secondary N) is 1. The maximum atomic E-state index is 11.9. The number of pyridine rings is 2. The number of rotatable bonds is 4. The van der Waals surface area contributed by atoms with Crippen molar-refractivity contribution in [2.75, 3.05) is 0 Å². The van der Waals surface area contributed by atoms with E-state index in [2.05, 4.69) is 20.4 Å². The molecular formula is C17H17N5O. The molecule has 23 heavy (non-hydrogen) atoms. The summed E-state index contributed by atoms with van der Waals surface area (Å²) >= 11 is 0. The molecular weight excluding hydrogens is 290 g/mol. The maximum Gasteiger partial charge on any atom is 0.270 e. The van der Waals surface area contributed by atoms with Gasteiger partial charge in [0.15, 0.2) is 5.82 Å². The Labute approximate surface area is 134 Å². The van der Waals surface area contributed by atoms with Crippen molar-refractivity contribution < 1.29 is 4.79 Å². The van der Waals surface area contributed by atoms with Gasteiger partial charge in [0.1, 0.15) is 5.69 Å². The fourth-order valence-electron chi connectivity index (χ4n) is 2.28. The van der Waals surface area contributed by atoms with Gasteiger partial charge in [-0.3, -0.25) is 9.78 Å². The zero-order chi connectivity index (χ0) is 16.2. The number of amides is 1. The standard InChI is InChI=1S/C17H17N5O/c1-12-9-13(2)22(21-12)16-7-6-14(10-19-16)11-20-17(23)15-5-3-4-8-18-15/h3-10H,11H2,1-2H3,(H,20,23). The minimum atomic E-state index is -0.201. The lowest BCUT2D eigenvalue weighted by Crippen LogP contribution is -2.23. The van der Waals surface area contributed by atoms with Crippen LogP contribution in [0, 0.1) is 13.8 Å². The SMILES string of the molecule is Cc1cc(C)n(-c2ccc(CNC(=O)c3ccccn3)cn2)n1. The van der Waals surface area contributed by atoms with E-state index in [1.54, 1.807) is 35.3 Å². The highest BCUT2D eigenvalue weighted by molar-refractivity contribution is 5.92. The smallest absolute Gasteiger partial charge is 0.270 e. The quantitative estimate of drug-likeness (QED) is 0.802. The van der Waals surface area contributed by atoms with Crippen molar-refractivity contribution in [1.82, 2.24) is 25.1 Å². The molecule has 0 aliphatic heterocycles. The van der Waals surface area contributed by atoms with Crippen molar-refractivity contribution >= 4 is 5.91 Å². The van der Waals surface area contributed by atoms with Crippen molar-refractivity contribution in [3.63, 3.8) is 0 Å². The molecule has 0 unspecified atom stereocenters. The molecule has 3 rings (SSSR count). The number of aryl methyl sites for hydroxylation is 2. The largest absolute Gasteiger partial charge is 0.347 e. The number of carbonyl (C=O) groups excluding carboxylic acids is 1. The Morgan fingerprint density at radius 3 is 2.65 bits per heavy atom. The molecule has 0 saturated carbocycles. The van der Waals surface area contributed by atoms with Crippen molar-refractivity contribution in [2.45, 2.75) is 20.4 Å². The predicted octanol–water partition coefficient (Wildman–Crippen LogP) is 2.21. The number of hydrogen-bond acceptors (Lipinski definition) is 4. The van der Waals surface area contributed by atoms with Crippen LogP contribution in [-0.2, 0) is 6.54 Å². The van der Waals surface area contributed by atoms with Crippen LogP contribution in [0.2, 0.25) is 0 Å². The first-order chi connectivity index (χ1) is 11.1. The van der Waals surface area contributed by atoms with E-state index < -0.39 is 0 Å². The Kier molecular flexibility index (Phi) is 4.14. The van der Waals surface area contributed by atoms with Gasteiger partial charge in [-0.2, -0.15) is 5.10 Å². The predicted molar refractivity (Wildman–Crippen MR) is 86.2 cm³/mol. The molecule has 0 spiro atoms. The summed E-state index contributed by atoms with van der Waals surface area (Å²) in [6.07, 6.45) is 3.34. The molecule has 1 N–H and O–H groups in total. The third-order valence-corrected chi connectivity index (χ3v) is 3.39. The van der Waals surface area contributed by atoms with E-state index in [0.29, 0.717) is 12.2 Å². The first-order valence-electron chi connectivity index (χ1n) is 7.31. The fourth-order valence-corrected chi connectivity index (χ4v) is 2.28. The summed E-state index contributed by atoms with van der Waals surface area (Å²) in [4.78, 5) is 20.4. The van der Waals surface area contributed by atoms with Crippen LogP contribution in [0.25, 0.3) is 5.82 Å². The molecule has 0 aliphatic carbocycles. The van der Waals surface area contributed by atoms with Gasteiger partial charge in [-0.1, -0.05) is 12.1 Å². The summed E-state index contributed by atoms with van der Waals surface area (Å²) in [6, 6.07) is 11.1. The molecule has 3 heterocycles. The van der Waals surface area contributed by atoms with E-state index in [0.717, 1.165) is 22.8 Å². The van der Waals surface area contributed by atoms with Gasteiger partial charge in [0.05, 0.1) is 5.69 Å². The minimum absolute atomic E-state index is 0.201. The van der Waals surface area contributed by atoms with Crippen LogP contribution in [-0.4, -0.2) is 25.7 Å². The highest BCUT2D eigenvalue weighted by Gasteiger charge is 2.07. The molecule has 0 atom stereocenters. The second kappa shape index (κ2) is 6.39. The van der Waals surface area contributed by atoms with Gasteiger partial charge in [-0.05, 0) is 43.7 Å². The van der Waals surface area contributed by atoms with Crippen molar-refractivity contribution in [3.05, 3.63) is 71.4 Å². The van der Waals surface area contributed by atoms with Gasteiger partial charge in [0.2, 0.25) is 0 Å². The Morgan fingerprint density at radius 2 is 2.04 bits per heavy atom. The highest BCUT2D eigenvalue weighted by atomic mass is 16.1. The summed E-state index contributed by atoms with van der Waals surface area (Å²) in [5, 5.41) is 7.23. The summed E-state index contributed by atoms with van der Waals surface area (Å²) in [5.74, 6) is 0.559. The number of hydrogen-bond donors (Lipinski definition) is 1. The molecule has 0 fully saturated rings. The summed E-state index contributed by atoms with van der Waals surface area (Å²) in [6.45, 7) is 4.34. The molecule has 6 nitrogen and oxygen atoms in total. The van der Waals surface area contributed by atoms with Crippen LogP contribution in [0.5, 0.6) is 0 Å². The fraction of sp³-hybridized carbons (Fsp3) is 0.176. The van der Waals surface area contributed by atoms with Gasteiger partial charge in [0.25, 0.3) is 5.91 Å². The van der Waals surface area contributed by atoms with E-state index in [9.17, 15) is 4.79 Å². The second-order valence-electron chi connectivity index (χ2n) is 5.26.